The van der Waals surface area contributed by atoms with Crippen LogP contribution >= 0.6 is 12.2 Å². The first-order valence-electron chi connectivity index (χ1n) is 6.19. The maximum Gasteiger partial charge on any atom is 0.277 e. The Morgan fingerprint density at radius 3 is 2.63 bits per heavy atom. The number of hydrogen-bond donors (Lipinski definition) is 3. The molecule has 1 rings (SSSR count). The average Bonchev–Trinajstić information content (AvgIpc) is 2.31. The quantitative estimate of drug-likeness (QED) is 0.385. The molecule has 1 aliphatic heterocycles. The SMILES string of the molecule is COCCNS(=O)(=O)NC1CCN(CC(N)=S)CC1. The summed E-state index contributed by atoms with van der Waals surface area (Å²) in [6.45, 7) is 2.81. The van der Waals surface area contributed by atoms with Crippen LogP contribution in [0, 0.1) is 0 Å². The standard InChI is InChI=1S/C10H22N4O3S2/c1-17-7-4-12-19(15,16)13-9-2-5-14(6-3-9)8-10(11)18/h9,12-13H,2-8H2,1H3,(H2,11,18). The second kappa shape index (κ2) is 8.08. The fourth-order valence-corrected chi connectivity index (χ4v) is 3.26. The van der Waals surface area contributed by atoms with Gasteiger partial charge in [0.05, 0.1) is 11.6 Å². The number of hydrogen-bond acceptors (Lipinski definition) is 5. The van der Waals surface area contributed by atoms with Gasteiger partial charge in [-0.15, -0.1) is 0 Å². The number of nitrogens with two attached hydrogens (primary N) is 1. The molecule has 0 saturated carbocycles. The Bertz CT molecular complexity index is 380. The van der Waals surface area contributed by atoms with Crippen LogP contribution in [0.4, 0.5) is 0 Å². The predicted octanol–water partition coefficient (Wildman–Crippen LogP) is -1.19. The molecule has 1 heterocycles. The van der Waals surface area contributed by atoms with Crippen molar-refractivity contribution < 1.29 is 13.2 Å². The largest absolute Gasteiger partial charge is 0.392 e. The van der Waals surface area contributed by atoms with Gasteiger partial charge in [-0.05, 0) is 12.8 Å². The van der Waals surface area contributed by atoms with Gasteiger partial charge in [0.15, 0.2) is 0 Å². The lowest BCUT2D eigenvalue weighted by molar-refractivity contribution is 0.204. The third kappa shape index (κ3) is 7.14. The molecule has 4 N–H and O–H groups in total. The molecule has 0 unspecified atom stereocenters. The number of likely N-dealkylation sites (tertiary alicyclic amines) is 1. The zero-order chi connectivity index (χ0) is 14.3. The molecule has 1 aliphatic rings. The van der Waals surface area contributed by atoms with E-state index in [1.165, 1.54) is 7.11 Å². The van der Waals surface area contributed by atoms with Crippen molar-refractivity contribution in [3.8, 4) is 0 Å². The van der Waals surface area contributed by atoms with Crippen LogP contribution in [0.1, 0.15) is 12.8 Å². The highest BCUT2D eigenvalue weighted by atomic mass is 32.2. The molecule has 112 valence electrons. The van der Waals surface area contributed by atoms with Crippen LogP contribution in [0.3, 0.4) is 0 Å². The minimum atomic E-state index is -3.44. The molecule has 19 heavy (non-hydrogen) atoms. The van der Waals surface area contributed by atoms with Crippen molar-refractivity contribution in [2.75, 3.05) is 39.9 Å². The minimum absolute atomic E-state index is 0.0392. The summed E-state index contributed by atoms with van der Waals surface area (Å²) in [5.74, 6) is 0. The summed E-state index contributed by atoms with van der Waals surface area (Å²) in [7, 11) is -1.92. The molecule has 0 aromatic heterocycles. The third-order valence-corrected chi connectivity index (χ3v) is 4.24. The molecular weight excluding hydrogens is 288 g/mol. The molecule has 0 amide bonds. The van der Waals surface area contributed by atoms with Crippen LogP contribution in [0.25, 0.3) is 0 Å². The van der Waals surface area contributed by atoms with Crippen LogP contribution in [0.5, 0.6) is 0 Å². The lowest BCUT2D eigenvalue weighted by Gasteiger charge is -2.31. The van der Waals surface area contributed by atoms with Crippen LogP contribution in [0.2, 0.25) is 0 Å². The summed E-state index contributed by atoms with van der Waals surface area (Å²) in [6, 6.07) is -0.0392. The predicted molar refractivity (Wildman–Crippen MR) is 78.2 cm³/mol. The Kier molecular flexibility index (Phi) is 7.11. The van der Waals surface area contributed by atoms with Crippen molar-refractivity contribution in [2.45, 2.75) is 18.9 Å². The fourth-order valence-electron chi connectivity index (χ4n) is 1.97. The molecule has 0 aromatic rings. The zero-order valence-corrected chi connectivity index (χ0v) is 12.7. The maximum absolute atomic E-state index is 11.7. The molecule has 9 heteroatoms. The second-order valence-electron chi connectivity index (χ2n) is 4.53. The van der Waals surface area contributed by atoms with Gasteiger partial charge < -0.3 is 10.5 Å². The molecule has 1 fully saturated rings. The molecule has 1 saturated heterocycles. The Morgan fingerprint density at radius 1 is 1.47 bits per heavy atom. The van der Waals surface area contributed by atoms with E-state index in [0.29, 0.717) is 18.1 Å². The van der Waals surface area contributed by atoms with Crippen LogP contribution in [0.15, 0.2) is 0 Å². The Hall–Kier alpha value is -0.320. The molecule has 0 bridgehead atoms. The number of nitrogens with zero attached hydrogens (tertiary/aromatic N) is 1. The first-order chi connectivity index (χ1) is 8.93. The van der Waals surface area contributed by atoms with Gasteiger partial charge >= 0.3 is 0 Å². The Balaban J connectivity index is 2.30. The van der Waals surface area contributed by atoms with Crippen LogP contribution in [-0.4, -0.2) is 64.2 Å². The highest BCUT2D eigenvalue weighted by Crippen LogP contribution is 2.10. The van der Waals surface area contributed by atoms with Gasteiger partial charge in [0.2, 0.25) is 0 Å². The fraction of sp³-hybridized carbons (Fsp3) is 0.900. The van der Waals surface area contributed by atoms with Crippen molar-refractivity contribution in [2.24, 2.45) is 5.73 Å². The number of rotatable bonds is 8. The number of ether oxygens (including phenoxy) is 1. The maximum atomic E-state index is 11.7. The van der Waals surface area contributed by atoms with Gasteiger partial charge in [0, 0.05) is 39.3 Å². The van der Waals surface area contributed by atoms with E-state index >= 15 is 0 Å². The van der Waals surface area contributed by atoms with E-state index in [1.54, 1.807) is 0 Å². The second-order valence-corrected chi connectivity index (χ2v) is 6.58. The van der Waals surface area contributed by atoms with Crippen molar-refractivity contribution in [3.05, 3.63) is 0 Å². The van der Waals surface area contributed by atoms with Crippen molar-refractivity contribution in [1.29, 1.82) is 0 Å². The number of thiocarbonyl (C=S) groups is 1. The van der Waals surface area contributed by atoms with Gasteiger partial charge in [0.1, 0.15) is 0 Å². The molecule has 0 aliphatic carbocycles. The molecule has 0 atom stereocenters. The zero-order valence-electron chi connectivity index (χ0n) is 11.1. The molecule has 7 nitrogen and oxygen atoms in total. The summed E-state index contributed by atoms with van der Waals surface area (Å²) in [5.41, 5.74) is 5.48. The van der Waals surface area contributed by atoms with E-state index < -0.39 is 10.2 Å². The number of piperidine rings is 1. The average molecular weight is 310 g/mol. The molecule has 0 aromatic carbocycles. The Labute approximate surface area is 120 Å². The minimum Gasteiger partial charge on any atom is -0.392 e. The summed E-state index contributed by atoms with van der Waals surface area (Å²) in [5, 5.41) is 0. The lowest BCUT2D eigenvalue weighted by Crippen LogP contribution is -2.49. The van der Waals surface area contributed by atoms with Crippen molar-refractivity contribution >= 4 is 27.4 Å². The van der Waals surface area contributed by atoms with Gasteiger partial charge in [0.25, 0.3) is 10.2 Å². The van der Waals surface area contributed by atoms with E-state index in [0.717, 1.165) is 25.9 Å². The first kappa shape index (κ1) is 16.7. The van der Waals surface area contributed by atoms with Crippen molar-refractivity contribution in [1.82, 2.24) is 14.3 Å². The van der Waals surface area contributed by atoms with Crippen molar-refractivity contribution in [3.63, 3.8) is 0 Å². The van der Waals surface area contributed by atoms with E-state index in [-0.39, 0.29) is 12.6 Å². The third-order valence-electron chi connectivity index (χ3n) is 2.89. The molecular formula is C10H22N4O3S2. The highest BCUT2D eigenvalue weighted by molar-refractivity contribution is 7.87. The summed E-state index contributed by atoms with van der Waals surface area (Å²) < 4.78 is 33.3. The molecule has 0 spiro atoms. The van der Waals surface area contributed by atoms with E-state index in [2.05, 4.69) is 14.3 Å². The molecule has 0 radical (unpaired) electrons. The number of methoxy groups -OCH3 is 1. The smallest absolute Gasteiger partial charge is 0.277 e. The van der Waals surface area contributed by atoms with Gasteiger partial charge in [-0.25, -0.2) is 0 Å². The van der Waals surface area contributed by atoms with E-state index in [1.807, 2.05) is 0 Å². The van der Waals surface area contributed by atoms with Gasteiger partial charge in [-0.1, -0.05) is 12.2 Å². The highest BCUT2D eigenvalue weighted by Gasteiger charge is 2.23. The van der Waals surface area contributed by atoms with E-state index in [4.69, 9.17) is 22.7 Å². The van der Waals surface area contributed by atoms with Crippen LogP contribution in [-0.2, 0) is 14.9 Å². The van der Waals surface area contributed by atoms with Gasteiger partial charge in [-0.2, -0.15) is 17.9 Å². The summed E-state index contributed by atoms with van der Waals surface area (Å²) >= 11 is 4.86. The van der Waals surface area contributed by atoms with Crippen LogP contribution < -0.4 is 15.2 Å². The monoisotopic (exact) mass is 310 g/mol. The van der Waals surface area contributed by atoms with E-state index in [9.17, 15) is 8.42 Å². The first-order valence-corrected chi connectivity index (χ1v) is 8.08. The topological polar surface area (TPSA) is 96.7 Å². The lowest BCUT2D eigenvalue weighted by atomic mass is 10.1. The normalized spacial score (nSPS) is 18.6. The number of nitrogens with one attached hydrogen (secondary N) is 2. The summed E-state index contributed by atoms with van der Waals surface area (Å²) in [4.78, 5) is 2.60. The van der Waals surface area contributed by atoms with Gasteiger partial charge in [-0.3, -0.25) is 4.90 Å². The summed E-state index contributed by atoms with van der Waals surface area (Å²) in [6.07, 6.45) is 1.52. The Morgan fingerprint density at radius 2 is 2.11 bits per heavy atom.